The van der Waals surface area contributed by atoms with Crippen molar-refractivity contribution in [3.63, 3.8) is 0 Å². The van der Waals surface area contributed by atoms with Crippen molar-refractivity contribution in [3.05, 3.63) is 35.9 Å². The average Bonchev–Trinajstić information content (AvgIpc) is 2.68. The number of benzene rings is 1. The monoisotopic (exact) mass is 407 g/mol. The summed E-state index contributed by atoms with van der Waals surface area (Å²) in [6.45, 7) is 7.18. The molecule has 2 N–H and O–H groups in total. The van der Waals surface area contributed by atoms with E-state index in [9.17, 15) is 9.59 Å². The van der Waals surface area contributed by atoms with E-state index in [4.69, 9.17) is 5.73 Å². The van der Waals surface area contributed by atoms with Crippen molar-refractivity contribution in [1.82, 2.24) is 9.80 Å². The Balaban J connectivity index is 0.00000280. The second kappa shape index (κ2) is 9.75. The summed E-state index contributed by atoms with van der Waals surface area (Å²) in [5, 5.41) is 0. The van der Waals surface area contributed by atoms with Crippen LogP contribution in [0.15, 0.2) is 30.3 Å². The first kappa shape index (κ1) is 22.7. The van der Waals surface area contributed by atoms with Crippen molar-refractivity contribution in [2.45, 2.75) is 52.0 Å². The molecule has 0 aromatic heterocycles. The molecular weight excluding hydrogens is 374 g/mol. The van der Waals surface area contributed by atoms with Gasteiger partial charge in [-0.05, 0) is 36.7 Å². The van der Waals surface area contributed by atoms with E-state index >= 15 is 0 Å². The van der Waals surface area contributed by atoms with Crippen LogP contribution in [0.5, 0.6) is 0 Å². The van der Waals surface area contributed by atoms with Gasteiger partial charge in [-0.2, -0.15) is 0 Å². The number of rotatable bonds is 4. The lowest BCUT2D eigenvalue weighted by Crippen LogP contribution is -2.55. The molecule has 28 heavy (non-hydrogen) atoms. The first-order valence-electron chi connectivity index (χ1n) is 10.2. The Morgan fingerprint density at radius 1 is 1.04 bits per heavy atom. The maximum atomic E-state index is 12.9. The van der Waals surface area contributed by atoms with Crippen LogP contribution in [0.1, 0.15) is 45.1 Å². The van der Waals surface area contributed by atoms with Crippen molar-refractivity contribution >= 4 is 24.2 Å². The molecule has 5 nitrogen and oxygen atoms in total. The number of amides is 2. The van der Waals surface area contributed by atoms with E-state index < -0.39 is 0 Å². The lowest BCUT2D eigenvalue weighted by Gasteiger charge is -2.44. The van der Waals surface area contributed by atoms with Crippen LogP contribution in [0.2, 0.25) is 0 Å². The summed E-state index contributed by atoms with van der Waals surface area (Å²) >= 11 is 0. The van der Waals surface area contributed by atoms with Crippen molar-refractivity contribution < 1.29 is 9.59 Å². The first-order valence-corrected chi connectivity index (χ1v) is 10.2. The molecular formula is C22H34ClN3O2. The van der Waals surface area contributed by atoms with Crippen LogP contribution in [0.25, 0.3) is 0 Å². The van der Waals surface area contributed by atoms with Crippen LogP contribution in [0, 0.1) is 11.3 Å². The fourth-order valence-corrected chi connectivity index (χ4v) is 4.25. The molecule has 0 radical (unpaired) electrons. The van der Waals surface area contributed by atoms with Crippen molar-refractivity contribution in [3.8, 4) is 0 Å². The normalized spacial score (nSPS) is 22.5. The number of piperidine rings is 2. The van der Waals surface area contributed by atoms with Gasteiger partial charge < -0.3 is 15.5 Å². The zero-order valence-electron chi connectivity index (χ0n) is 17.1. The zero-order chi connectivity index (χ0) is 19.4. The van der Waals surface area contributed by atoms with Gasteiger partial charge in [-0.15, -0.1) is 12.4 Å². The number of hydrogen-bond acceptors (Lipinski definition) is 3. The van der Waals surface area contributed by atoms with Gasteiger partial charge in [0.2, 0.25) is 11.8 Å². The predicted molar refractivity (Wildman–Crippen MR) is 114 cm³/mol. The molecule has 2 saturated heterocycles. The second-order valence-electron chi connectivity index (χ2n) is 8.78. The molecule has 0 bridgehead atoms. The maximum Gasteiger partial charge on any atom is 0.225 e. The summed E-state index contributed by atoms with van der Waals surface area (Å²) in [6, 6.07) is 10.3. The number of carbonyl (C=O) groups excluding carboxylic acids is 2. The summed E-state index contributed by atoms with van der Waals surface area (Å²) in [6.07, 6.45) is 3.75. The molecule has 3 rings (SSSR count). The van der Waals surface area contributed by atoms with Crippen LogP contribution in [-0.4, -0.2) is 53.8 Å². The van der Waals surface area contributed by atoms with E-state index in [0.717, 1.165) is 38.8 Å². The number of halogens is 1. The Bertz CT molecular complexity index is 657. The first-order chi connectivity index (χ1) is 12.9. The fourth-order valence-electron chi connectivity index (χ4n) is 4.25. The minimum atomic E-state index is -0.0258. The molecule has 1 aromatic carbocycles. The Morgan fingerprint density at radius 3 is 2.25 bits per heavy atom. The molecule has 156 valence electrons. The van der Waals surface area contributed by atoms with Gasteiger partial charge in [0.15, 0.2) is 0 Å². The van der Waals surface area contributed by atoms with Crippen LogP contribution >= 0.6 is 12.4 Å². The number of carbonyl (C=O) groups is 2. The van der Waals surface area contributed by atoms with Crippen molar-refractivity contribution in [2.75, 3.05) is 26.2 Å². The van der Waals surface area contributed by atoms with Crippen LogP contribution < -0.4 is 5.73 Å². The van der Waals surface area contributed by atoms with Gasteiger partial charge in [0, 0.05) is 44.6 Å². The Labute approximate surface area is 175 Å². The highest BCUT2D eigenvalue weighted by Gasteiger charge is 2.38. The topological polar surface area (TPSA) is 66.6 Å². The highest BCUT2D eigenvalue weighted by Crippen LogP contribution is 2.30. The SMILES string of the molecule is CC1(C)CN(C(=O)C2CCN(C(=O)CCc3ccccc3)CC2)CCC1N.Cl. The molecule has 0 aliphatic carbocycles. The number of nitrogens with two attached hydrogens (primary N) is 1. The van der Waals surface area contributed by atoms with Crippen molar-refractivity contribution in [2.24, 2.45) is 17.1 Å². The summed E-state index contributed by atoms with van der Waals surface area (Å²) < 4.78 is 0. The zero-order valence-corrected chi connectivity index (χ0v) is 17.9. The molecule has 1 aromatic rings. The van der Waals surface area contributed by atoms with Crippen LogP contribution in [-0.2, 0) is 16.0 Å². The molecule has 2 amide bonds. The number of hydrogen-bond donors (Lipinski definition) is 1. The van der Waals surface area contributed by atoms with Gasteiger partial charge in [-0.3, -0.25) is 9.59 Å². The van der Waals surface area contributed by atoms with Gasteiger partial charge in [-0.25, -0.2) is 0 Å². The van der Waals surface area contributed by atoms with Gasteiger partial charge in [0.25, 0.3) is 0 Å². The number of likely N-dealkylation sites (tertiary alicyclic amines) is 2. The highest BCUT2D eigenvalue weighted by molar-refractivity contribution is 5.85. The summed E-state index contributed by atoms with van der Waals surface area (Å²) in [5.41, 5.74) is 7.36. The van der Waals surface area contributed by atoms with Gasteiger partial charge in [0.05, 0.1) is 0 Å². The minimum Gasteiger partial charge on any atom is -0.343 e. The fraction of sp³-hybridized carbons (Fsp3) is 0.636. The van der Waals surface area contributed by atoms with E-state index in [0.29, 0.717) is 19.5 Å². The second-order valence-corrected chi connectivity index (χ2v) is 8.78. The van der Waals surface area contributed by atoms with E-state index in [1.807, 2.05) is 28.0 Å². The van der Waals surface area contributed by atoms with E-state index in [-0.39, 0.29) is 41.6 Å². The molecule has 1 unspecified atom stereocenters. The van der Waals surface area contributed by atoms with E-state index in [2.05, 4.69) is 26.0 Å². The summed E-state index contributed by atoms with van der Waals surface area (Å²) in [5.74, 6) is 0.509. The molecule has 0 spiro atoms. The van der Waals surface area contributed by atoms with Crippen molar-refractivity contribution in [1.29, 1.82) is 0 Å². The number of nitrogens with zero attached hydrogens (tertiary/aromatic N) is 2. The quantitative estimate of drug-likeness (QED) is 0.834. The largest absolute Gasteiger partial charge is 0.343 e. The van der Waals surface area contributed by atoms with Crippen LogP contribution in [0.4, 0.5) is 0 Å². The summed E-state index contributed by atoms with van der Waals surface area (Å²) in [7, 11) is 0. The average molecular weight is 408 g/mol. The smallest absolute Gasteiger partial charge is 0.225 e. The third kappa shape index (κ3) is 5.48. The van der Waals surface area contributed by atoms with E-state index in [1.165, 1.54) is 5.56 Å². The third-order valence-electron chi connectivity index (χ3n) is 6.29. The number of aryl methyl sites for hydroxylation is 1. The van der Waals surface area contributed by atoms with Gasteiger partial charge >= 0.3 is 0 Å². The predicted octanol–water partition coefficient (Wildman–Crippen LogP) is 2.87. The minimum absolute atomic E-state index is 0. The molecule has 2 aliphatic rings. The summed E-state index contributed by atoms with van der Waals surface area (Å²) in [4.78, 5) is 29.3. The molecule has 2 heterocycles. The standard InChI is InChI=1S/C22H33N3O2.ClH/c1-22(2)16-25(15-12-19(22)23)21(27)18-10-13-24(14-11-18)20(26)9-8-17-6-4-3-5-7-17;/h3-7,18-19H,8-16,23H2,1-2H3;1H. The van der Waals surface area contributed by atoms with Gasteiger partial charge in [-0.1, -0.05) is 44.2 Å². The molecule has 6 heteroatoms. The molecule has 1 atom stereocenters. The Hall–Kier alpha value is -1.59. The molecule has 2 aliphatic heterocycles. The molecule has 2 fully saturated rings. The van der Waals surface area contributed by atoms with Gasteiger partial charge in [0.1, 0.15) is 0 Å². The molecule has 0 saturated carbocycles. The van der Waals surface area contributed by atoms with E-state index in [1.54, 1.807) is 0 Å². The Kier molecular flexibility index (Phi) is 7.90. The maximum absolute atomic E-state index is 12.9. The third-order valence-corrected chi connectivity index (χ3v) is 6.29. The Morgan fingerprint density at radius 2 is 1.64 bits per heavy atom. The highest BCUT2D eigenvalue weighted by atomic mass is 35.5. The lowest BCUT2D eigenvalue weighted by molar-refractivity contribution is -0.143. The van der Waals surface area contributed by atoms with Crippen LogP contribution in [0.3, 0.4) is 0 Å². The lowest BCUT2D eigenvalue weighted by atomic mass is 9.79.